The van der Waals surface area contributed by atoms with Gasteiger partial charge in [-0.2, -0.15) is 0 Å². The minimum Gasteiger partial charge on any atom is -0.473 e. The van der Waals surface area contributed by atoms with Crippen LogP contribution >= 0.6 is 23.4 Å². The second-order valence-electron chi connectivity index (χ2n) is 6.21. The van der Waals surface area contributed by atoms with Crippen LogP contribution in [0.2, 0.25) is 5.02 Å². The second-order valence-corrected chi connectivity index (χ2v) is 7.90. The van der Waals surface area contributed by atoms with Gasteiger partial charge in [-0.3, -0.25) is 4.79 Å². The summed E-state index contributed by atoms with van der Waals surface area (Å²) in [6, 6.07) is 3.57. The first-order valence-electron chi connectivity index (χ1n) is 8.39. The van der Waals surface area contributed by atoms with E-state index in [1.807, 2.05) is 16.7 Å². The van der Waals surface area contributed by atoms with Crippen molar-refractivity contribution >= 4 is 29.3 Å². The van der Waals surface area contributed by atoms with Crippen molar-refractivity contribution < 1.29 is 9.53 Å². The number of rotatable bonds is 5. The van der Waals surface area contributed by atoms with Gasteiger partial charge in [-0.15, -0.1) is 11.8 Å². The van der Waals surface area contributed by atoms with Gasteiger partial charge in [0.15, 0.2) is 0 Å². The van der Waals surface area contributed by atoms with Crippen molar-refractivity contribution in [2.75, 3.05) is 18.8 Å². The SMILES string of the molecule is O=C(CSC1CCCC1)N1CCC(Oc2ncccc2Cl)CC1. The van der Waals surface area contributed by atoms with Gasteiger partial charge in [0.25, 0.3) is 0 Å². The number of halogens is 1. The molecule has 1 amide bonds. The Labute approximate surface area is 146 Å². The number of aromatic nitrogens is 1. The zero-order valence-corrected chi connectivity index (χ0v) is 14.8. The molecule has 0 radical (unpaired) electrons. The summed E-state index contributed by atoms with van der Waals surface area (Å²) >= 11 is 7.91. The number of nitrogens with zero attached hydrogens (tertiary/aromatic N) is 2. The van der Waals surface area contributed by atoms with Crippen molar-refractivity contribution in [2.24, 2.45) is 0 Å². The lowest BCUT2D eigenvalue weighted by molar-refractivity contribution is -0.130. The summed E-state index contributed by atoms with van der Waals surface area (Å²) in [6.45, 7) is 1.53. The van der Waals surface area contributed by atoms with Gasteiger partial charge in [0.1, 0.15) is 11.1 Å². The highest BCUT2D eigenvalue weighted by Crippen LogP contribution is 2.30. The number of carbonyl (C=O) groups is 1. The molecule has 23 heavy (non-hydrogen) atoms. The Hall–Kier alpha value is -0.940. The van der Waals surface area contributed by atoms with Crippen LogP contribution < -0.4 is 4.74 Å². The summed E-state index contributed by atoms with van der Waals surface area (Å²) in [6.07, 6.45) is 8.65. The van der Waals surface area contributed by atoms with Crippen LogP contribution in [0.25, 0.3) is 0 Å². The Morgan fingerprint density at radius 3 is 2.74 bits per heavy atom. The number of thioether (sulfide) groups is 1. The van der Waals surface area contributed by atoms with Crippen molar-refractivity contribution in [3.8, 4) is 5.88 Å². The third kappa shape index (κ3) is 4.77. The molecule has 1 saturated carbocycles. The van der Waals surface area contributed by atoms with Crippen LogP contribution in [0.4, 0.5) is 0 Å². The molecule has 0 spiro atoms. The normalized spacial score (nSPS) is 20.0. The average Bonchev–Trinajstić information content (AvgIpc) is 3.09. The minimum atomic E-state index is 0.0916. The first-order valence-corrected chi connectivity index (χ1v) is 9.81. The first-order chi connectivity index (χ1) is 11.2. The molecule has 0 N–H and O–H groups in total. The zero-order chi connectivity index (χ0) is 16.1. The van der Waals surface area contributed by atoms with Crippen molar-refractivity contribution in [3.05, 3.63) is 23.4 Å². The van der Waals surface area contributed by atoms with E-state index in [9.17, 15) is 4.79 Å². The summed E-state index contributed by atoms with van der Waals surface area (Å²) in [7, 11) is 0. The van der Waals surface area contributed by atoms with Gasteiger partial charge < -0.3 is 9.64 Å². The largest absolute Gasteiger partial charge is 0.473 e. The molecule has 1 aliphatic heterocycles. The van der Waals surface area contributed by atoms with E-state index >= 15 is 0 Å². The van der Waals surface area contributed by atoms with E-state index in [4.69, 9.17) is 16.3 Å². The summed E-state index contributed by atoms with van der Waals surface area (Å²) in [5.74, 6) is 1.40. The van der Waals surface area contributed by atoms with Crippen molar-refractivity contribution in [1.29, 1.82) is 0 Å². The molecule has 1 aromatic heterocycles. The van der Waals surface area contributed by atoms with E-state index in [-0.39, 0.29) is 12.0 Å². The fourth-order valence-corrected chi connectivity index (χ4v) is 4.57. The molecule has 0 bridgehead atoms. The smallest absolute Gasteiger partial charge is 0.232 e. The number of ether oxygens (including phenoxy) is 1. The van der Waals surface area contributed by atoms with E-state index < -0.39 is 0 Å². The maximum Gasteiger partial charge on any atom is 0.232 e. The van der Waals surface area contributed by atoms with E-state index in [1.165, 1.54) is 25.7 Å². The molecule has 1 aliphatic carbocycles. The zero-order valence-electron chi connectivity index (χ0n) is 13.2. The average molecular weight is 355 g/mol. The molecule has 2 fully saturated rings. The van der Waals surface area contributed by atoms with Crippen LogP contribution in [0, 0.1) is 0 Å². The summed E-state index contributed by atoms with van der Waals surface area (Å²) in [4.78, 5) is 18.4. The van der Waals surface area contributed by atoms with Gasteiger partial charge in [0.05, 0.1) is 5.75 Å². The Morgan fingerprint density at radius 1 is 1.30 bits per heavy atom. The van der Waals surface area contributed by atoms with Gasteiger partial charge in [0.2, 0.25) is 11.8 Å². The lowest BCUT2D eigenvalue weighted by atomic mass is 10.1. The summed E-state index contributed by atoms with van der Waals surface area (Å²) < 4.78 is 5.87. The topological polar surface area (TPSA) is 42.4 Å². The molecule has 2 heterocycles. The lowest BCUT2D eigenvalue weighted by Crippen LogP contribution is -2.42. The second kappa shape index (κ2) is 8.25. The van der Waals surface area contributed by atoms with E-state index in [0.29, 0.717) is 21.9 Å². The van der Waals surface area contributed by atoms with Gasteiger partial charge >= 0.3 is 0 Å². The molecule has 0 unspecified atom stereocenters. The minimum absolute atomic E-state index is 0.0916. The van der Waals surface area contributed by atoms with Crippen LogP contribution in [-0.2, 0) is 4.79 Å². The summed E-state index contributed by atoms with van der Waals surface area (Å²) in [5, 5.41) is 1.24. The highest BCUT2D eigenvalue weighted by molar-refractivity contribution is 8.00. The Bertz CT molecular complexity index is 529. The standard InChI is InChI=1S/C17H23ClN2O2S/c18-15-6-3-9-19-17(15)22-13-7-10-20(11-8-13)16(21)12-23-14-4-1-2-5-14/h3,6,9,13-14H,1-2,4-5,7-8,10-12H2. The molecule has 0 aromatic carbocycles. The molecular formula is C17H23ClN2O2S. The Kier molecular flexibility index (Phi) is 6.06. The molecule has 3 rings (SSSR count). The Balaban J connectivity index is 1.41. The molecular weight excluding hydrogens is 332 g/mol. The van der Waals surface area contributed by atoms with Gasteiger partial charge in [-0.1, -0.05) is 24.4 Å². The third-order valence-corrected chi connectivity index (χ3v) is 6.19. The first kappa shape index (κ1) is 16.9. The summed E-state index contributed by atoms with van der Waals surface area (Å²) in [5.41, 5.74) is 0. The molecule has 0 atom stereocenters. The number of pyridine rings is 1. The quantitative estimate of drug-likeness (QED) is 0.807. The molecule has 1 saturated heterocycles. The molecule has 1 aromatic rings. The number of hydrogen-bond donors (Lipinski definition) is 0. The van der Waals surface area contributed by atoms with E-state index in [0.717, 1.165) is 25.9 Å². The number of amides is 1. The lowest BCUT2D eigenvalue weighted by Gasteiger charge is -2.32. The molecule has 126 valence electrons. The number of carbonyl (C=O) groups excluding carboxylic acids is 1. The van der Waals surface area contributed by atoms with Crippen molar-refractivity contribution in [1.82, 2.24) is 9.88 Å². The number of piperidine rings is 1. The van der Waals surface area contributed by atoms with Gasteiger partial charge in [0, 0.05) is 37.4 Å². The maximum absolute atomic E-state index is 12.3. The van der Waals surface area contributed by atoms with Crippen molar-refractivity contribution in [2.45, 2.75) is 49.9 Å². The predicted octanol–water partition coefficient (Wildman–Crippen LogP) is 3.78. The molecule has 6 heteroatoms. The highest BCUT2D eigenvalue weighted by atomic mass is 35.5. The van der Waals surface area contributed by atoms with Gasteiger partial charge in [-0.05, 0) is 25.0 Å². The predicted molar refractivity (Wildman–Crippen MR) is 94.2 cm³/mol. The van der Waals surface area contributed by atoms with Crippen LogP contribution in [-0.4, -0.2) is 46.0 Å². The third-order valence-electron chi connectivity index (χ3n) is 4.54. The Morgan fingerprint density at radius 2 is 2.04 bits per heavy atom. The highest BCUT2D eigenvalue weighted by Gasteiger charge is 2.25. The van der Waals surface area contributed by atoms with Crippen LogP contribution in [0.5, 0.6) is 5.88 Å². The number of likely N-dealkylation sites (tertiary alicyclic amines) is 1. The fourth-order valence-electron chi connectivity index (χ4n) is 3.17. The maximum atomic E-state index is 12.3. The monoisotopic (exact) mass is 354 g/mol. The molecule has 2 aliphatic rings. The number of hydrogen-bond acceptors (Lipinski definition) is 4. The van der Waals surface area contributed by atoms with E-state index in [2.05, 4.69) is 4.98 Å². The van der Waals surface area contributed by atoms with E-state index in [1.54, 1.807) is 18.3 Å². The molecule has 4 nitrogen and oxygen atoms in total. The van der Waals surface area contributed by atoms with Crippen LogP contribution in [0.3, 0.4) is 0 Å². The van der Waals surface area contributed by atoms with Crippen LogP contribution in [0.1, 0.15) is 38.5 Å². The fraction of sp³-hybridized carbons (Fsp3) is 0.647. The van der Waals surface area contributed by atoms with Gasteiger partial charge in [-0.25, -0.2) is 4.98 Å². The van der Waals surface area contributed by atoms with Crippen molar-refractivity contribution in [3.63, 3.8) is 0 Å². The van der Waals surface area contributed by atoms with Crippen LogP contribution in [0.15, 0.2) is 18.3 Å².